The number of aryl methyl sites for hydroxylation is 1. The second-order valence-corrected chi connectivity index (χ2v) is 3.87. The largest absolute Gasteiger partial charge is 0.389 e. The first-order valence-corrected chi connectivity index (χ1v) is 4.20. The lowest BCUT2D eigenvalue weighted by Gasteiger charge is -2.15. The first-order chi connectivity index (χ1) is 6.29. The molecule has 0 unspecified atom stereocenters. The van der Waals surface area contributed by atoms with E-state index in [2.05, 4.69) is 5.10 Å². The Labute approximate surface area is 81.3 Å². The molecule has 0 bridgehead atoms. The van der Waals surface area contributed by atoms with Crippen LogP contribution in [0.3, 0.4) is 0 Å². The van der Waals surface area contributed by atoms with Gasteiger partial charge in [0.05, 0.1) is 17.1 Å². The minimum absolute atomic E-state index is 0.0192. The number of nitro groups is 1. The van der Waals surface area contributed by atoms with Gasteiger partial charge in [0.15, 0.2) is 0 Å². The maximum Gasteiger partial charge on any atom is 0.309 e. The average molecular weight is 199 g/mol. The lowest BCUT2D eigenvalue weighted by atomic mass is 10.1. The second kappa shape index (κ2) is 3.38. The van der Waals surface area contributed by atoms with Gasteiger partial charge in [0.2, 0.25) is 0 Å². The van der Waals surface area contributed by atoms with Crippen LogP contribution >= 0.6 is 0 Å². The highest BCUT2D eigenvalue weighted by molar-refractivity contribution is 5.31. The molecule has 6 nitrogen and oxygen atoms in total. The van der Waals surface area contributed by atoms with E-state index in [-0.39, 0.29) is 12.2 Å². The SMILES string of the molecule is Cc1nn(CC(C)(C)O)cc1[N+](=O)[O-]. The maximum atomic E-state index is 10.5. The van der Waals surface area contributed by atoms with Gasteiger partial charge < -0.3 is 5.11 Å². The van der Waals surface area contributed by atoms with Crippen LogP contribution in [0.2, 0.25) is 0 Å². The summed E-state index contributed by atoms with van der Waals surface area (Å²) in [7, 11) is 0. The summed E-state index contributed by atoms with van der Waals surface area (Å²) >= 11 is 0. The van der Waals surface area contributed by atoms with Crippen molar-refractivity contribution in [1.29, 1.82) is 0 Å². The summed E-state index contributed by atoms with van der Waals surface area (Å²) in [6.07, 6.45) is 1.33. The predicted octanol–water partition coefficient (Wildman–Crippen LogP) is 0.871. The van der Waals surface area contributed by atoms with Crippen LogP contribution in [0.25, 0.3) is 0 Å². The molecule has 0 aliphatic rings. The number of hydrogen-bond donors (Lipinski definition) is 1. The number of hydrogen-bond acceptors (Lipinski definition) is 4. The second-order valence-electron chi connectivity index (χ2n) is 3.87. The Morgan fingerprint density at radius 1 is 1.71 bits per heavy atom. The van der Waals surface area contributed by atoms with Crippen LogP contribution in [-0.2, 0) is 6.54 Å². The summed E-state index contributed by atoms with van der Waals surface area (Å²) < 4.78 is 1.38. The van der Waals surface area contributed by atoms with Gasteiger partial charge in [0.1, 0.15) is 11.9 Å². The molecule has 1 rings (SSSR count). The third-order valence-electron chi connectivity index (χ3n) is 1.67. The minimum Gasteiger partial charge on any atom is -0.389 e. The number of aliphatic hydroxyl groups is 1. The molecule has 0 saturated heterocycles. The van der Waals surface area contributed by atoms with E-state index >= 15 is 0 Å². The zero-order valence-corrected chi connectivity index (χ0v) is 8.39. The summed E-state index contributed by atoms with van der Waals surface area (Å²) in [6.45, 7) is 5.05. The Kier molecular flexibility index (Phi) is 2.57. The number of nitrogens with zero attached hydrogens (tertiary/aromatic N) is 3. The molecule has 6 heteroatoms. The Morgan fingerprint density at radius 3 is 2.64 bits per heavy atom. The van der Waals surface area contributed by atoms with Crippen molar-refractivity contribution in [2.75, 3.05) is 0 Å². The summed E-state index contributed by atoms with van der Waals surface area (Å²) in [5.41, 5.74) is -0.583. The Morgan fingerprint density at radius 2 is 2.29 bits per heavy atom. The molecule has 0 aliphatic heterocycles. The van der Waals surface area contributed by atoms with Crippen molar-refractivity contribution in [2.24, 2.45) is 0 Å². The maximum absolute atomic E-state index is 10.5. The van der Waals surface area contributed by atoms with Crippen LogP contribution < -0.4 is 0 Å². The topological polar surface area (TPSA) is 81.2 Å². The zero-order chi connectivity index (χ0) is 10.9. The van der Waals surface area contributed by atoms with Crippen molar-refractivity contribution in [3.05, 3.63) is 22.0 Å². The first-order valence-electron chi connectivity index (χ1n) is 4.20. The minimum atomic E-state index is -0.924. The van der Waals surface area contributed by atoms with Gasteiger partial charge >= 0.3 is 5.69 Å². The van der Waals surface area contributed by atoms with E-state index in [1.54, 1.807) is 20.8 Å². The summed E-state index contributed by atoms with van der Waals surface area (Å²) in [6, 6.07) is 0. The van der Waals surface area contributed by atoms with Gasteiger partial charge in [-0.3, -0.25) is 14.8 Å². The Balaban J connectivity index is 2.92. The van der Waals surface area contributed by atoms with E-state index < -0.39 is 10.5 Å². The molecule has 0 spiro atoms. The molecule has 0 fully saturated rings. The van der Waals surface area contributed by atoms with Crippen LogP contribution in [0.1, 0.15) is 19.5 Å². The highest BCUT2D eigenvalue weighted by Crippen LogP contribution is 2.16. The van der Waals surface area contributed by atoms with Crippen molar-refractivity contribution in [2.45, 2.75) is 32.9 Å². The molecule has 1 aromatic rings. The first kappa shape index (κ1) is 10.6. The molecular weight excluding hydrogens is 186 g/mol. The van der Waals surface area contributed by atoms with E-state index in [1.165, 1.54) is 10.9 Å². The molecule has 1 N–H and O–H groups in total. The van der Waals surface area contributed by atoms with Crippen LogP contribution in [0.5, 0.6) is 0 Å². The van der Waals surface area contributed by atoms with Gasteiger partial charge in [-0.15, -0.1) is 0 Å². The normalized spacial score (nSPS) is 11.7. The molecule has 0 radical (unpaired) electrons. The molecule has 0 amide bonds. The smallest absolute Gasteiger partial charge is 0.309 e. The molecular formula is C8H13N3O3. The van der Waals surface area contributed by atoms with E-state index in [4.69, 9.17) is 0 Å². The monoisotopic (exact) mass is 199 g/mol. The van der Waals surface area contributed by atoms with Crippen LogP contribution in [-0.4, -0.2) is 25.4 Å². The Hall–Kier alpha value is -1.43. The van der Waals surface area contributed by atoms with E-state index in [1.807, 2.05) is 0 Å². The van der Waals surface area contributed by atoms with Gasteiger partial charge in [-0.1, -0.05) is 0 Å². The molecule has 0 saturated carbocycles. The third-order valence-corrected chi connectivity index (χ3v) is 1.67. The van der Waals surface area contributed by atoms with Crippen molar-refractivity contribution in [3.63, 3.8) is 0 Å². The van der Waals surface area contributed by atoms with Crippen molar-refractivity contribution in [3.8, 4) is 0 Å². The highest BCUT2D eigenvalue weighted by Gasteiger charge is 2.19. The summed E-state index contributed by atoms with van der Waals surface area (Å²) in [4.78, 5) is 10.0. The van der Waals surface area contributed by atoms with Crippen LogP contribution in [0.4, 0.5) is 5.69 Å². The highest BCUT2D eigenvalue weighted by atomic mass is 16.6. The van der Waals surface area contributed by atoms with Gasteiger partial charge in [-0.05, 0) is 20.8 Å². The van der Waals surface area contributed by atoms with Gasteiger partial charge in [-0.2, -0.15) is 5.10 Å². The lowest BCUT2D eigenvalue weighted by Crippen LogP contribution is -2.26. The van der Waals surface area contributed by atoms with Crippen molar-refractivity contribution < 1.29 is 10.0 Å². The molecule has 0 aromatic carbocycles. The molecule has 0 atom stereocenters. The van der Waals surface area contributed by atoms with E-state index in [0.717, 1.165) is 0 Å². The van der Waals surface area contributed by atoms with E-state index in [9.17, 15) is 15.2 Å². The van der Waals surface area contributed by atoms with E-state index in [0.29, 0.717) is 5.69 Å². The zero-order valence-electron chi connectivity index (χ0n) is 8.39. The van der Waals surface area contributed by atoms with Crippen molar-refractivity contribution in [1.82, 2.24) is 9.78 Å². The third kappa shape index (κ3) is 2.53. The fourth-order valence-electron chi connectivity index (χ4n) is 1.16. The standard InChI is InChI=1S/C8H13N3O3/c1-6-7(11(13)14)4-10(9-6)5-8(2,3)12/h4,12H,5H2,1-3H3. The van der Waals surface area contributed by atoms with Crippen molar-refractivity contribution >= 4 is 5.69 Å². The molecule has 0 aliphatic carbocycles. The number of rotatable bonds is 3. The summed E-state index contributed by atoms with van der Waals surface area (Å²) in [5, 5.41) is 23.9. The average Bonchev–Trinajstić information content (AvgIpc) is 2.26. The number of aromatic nitrogens is 2. The fourth-order valence-corrected chi connectivity index (χ4v) is 1.16. The predicted molar refractivity (Wildman–Crippen MR) is 49.9 cm³/mol. The lowest BCUT2D eigenvalue weighted by molar-refractivity contribution is -0.385. The van der Waals surface area contributed by atoms with Gasteiger partial charge in [-0.25, -0.2) is 0 Å². The quantitative estimate of drug-likeness (QED) is 0.578. The fraction of sp³-hybridized carbons (Fsp3) is 0.625. The molecule has 1 aromatic heterocycles. The summed E-state index contributed by atoms with van der Waals surface area (Å²) in [5.74, 6) is 0. The molecule has 14 heavy (non-hydrogen) atoms. The van der Waals surface area contributed by atoms with Gasteiger partial charge in [0, 0.05) is 0 Å². The Bertz CT molecular complexity index is 351. The van der Waals surface area contributed by atoms with Crippen LogP contribution in [0.15, 0.2) is 6.20 Å². The molecule has 78 valence electrons. The van der Waals surface area contributed by atoms with Crippen LogP contribution in [0, 0.1) is 17.0 Å². The molecule has 1 heterocycles. The van der Waals surface area contributed by atoms with Gasteiger partial charge in [0.25, 0.3) is 0 Å².